The van der Waals surface area contributed by atoms with Gasteiger partial charge in [0, 0.05) is 76.9 Å². The van der Waals surface area contributed by atoms with E-state index in [1.54, 1.807) is 56.2 Å². The number of Topliss-reactive ketones (excluding diaryl/α,β-unsaturated/α-hetero) is 2. The second-order valence-corrected chi connectivity index (χ2v) is 30.9. The van der Waals surface area contributed by atoms with Crippen LogP contribution in [0.2, 0.25) is 0 Å². The van der Waals surface area contributed by atoms with Crippen LogP contribution in [-0.4, -0.2) is 95.0 Å². The molecule has 2 aromatic carbocycles. The molecule has 1 aliphatic heterocycles. The quantitative estimate of drug-likeness (QED) is 0.00784. The summed E-state index contributed by atoms with van der Waals surface area (Å²) in [6, 6.07) is 15.8. The maximum atomic E-state index is 13.1. The van der Waals surface area contributed by atoms with E-state index in [4.69, 9.17) is 50.1 Å². The van der Waals surface area contributed by atoms with Crippen LogP contribution in [0.1, 0.15) is 202 Å². The maximum Gasteiger partial charge on any atom is 0.516 e. The van der Waals surface area contributed by atoms with Gasteiger partial charge < -0.3 is 48.1 Å². The highest BCUT2D eigenvalue weighted by Gasteiger charge is 2.44. The Hall–Kier alpha value is -6.47. The molecule has 3 aliphatic rings. The third-order valence-electron chi connectivity index (χ3n) is 17.0. The molecule has 2 aliphatic carbocycles. The number of aliphatic hydroxyl groups is 2. The molecule has 99 heavy (non-hydrogen) atoms. The lowest BCUT2D eigenvalue weighted by Gasteiger charge is -2.23. The molecular formula is C76H100O18S5. The van der Waals surface area contributed by atoms with Gasteiger partial charge in [0.2, 0.25) is 13.6 Å². The lowest BCUT2D eigenvalue weighted by Crippen LogP contribution is -2.26. The largest absolute Gasteiger partial charge is 0.516 e. The molecule has 1 unspecified atom stereocenters. The van der Waals surface area contributed by atoms with Crippen molar-refractivity contribution in [3.8, 4) is 21.9 Å². The van der Waals surface area contributed by atoms with E-state index in [1.165, 1.54) is 10.3 Å². The zero-order chi connectivity index (χ0) is 72.2. The van der Waals surface area contributed by atoms with Gasteiger partial charge in [-0.3, -0.25) is 28.8 Å². The van der Waals surface area contributed by atoms with Crippen molar-refractivity contribution in [2.24, 2.45) is 29.6 Å². The maximum absolute atomic E-state index is 13.1. The number of benzene rings is 2. The van der Waals surface area contributed by atoms with Crippen molar-refractivity contribution in [3.63, 3.8) is 0 Å². The van der Waals surface area contributed by atoms with E-state index in [9.17, 15) is 48.6 Å². The van der Waals surface area contributed by atoms with Gasteiger partial charge in [0.25, 0.3) is 0 Å². The Morgan fingerprint density at radius 3 is 1.49 bits per heavy atom. The predicted octanol–water partition coefficient (Wildman–Crippen LogP) is 19.0. The fraction of sp³-hybridized carbons (Fsp3) is 0.539. The van der Waals surface area contributed by atoms with Crippen LogP contribution < -0.4 is 9.47 Å². The van der Waals surface area contributed by atoms with Gasteiger partial charge in [0.15, 0.2) is 0 Å². The molecule has 6 rings (SSSR count). The lowest BCUT2D eigenvalue weighted by molar-refractivity contribution is -0.153. The molecule has 2 saturated carbocycles. The Bertz CT molecular complexity index is 3300. The van der Waals surface area contributed by atoms with Crippen LogP contribution in [0.4, 0.5) is 9.59 Å². The van der Waals surface area contributed by atoms with Crippen LogP contribution in [0.25, 0.3) is 15.3 Å². The number of carbonyl (C=O) groups is 8. The van der Waals surface area contributed by atoms with Gasteiger partial charge in [-0.25, -0.2) is 9.59 Å². The number of allylic oxidation sites excluding steroid dienone is 5. The second-order valence-electron chi connectivity index (χ2n) is 25.7. The monoisotopic (exact) mass is 1460 g/mol. The van der Waals surface area contributed by atoms with Crippen molar-refractivity contribution < 1.29 is 86.5 Å². The first kappa shape index (κ1) is 83.2. The molecule has 0 radical (unpaired) electrons. The molecule has 0 amide bonds. The number of carbonyl (C=O) groups excluding carboxylic acids is 8. The number of ketones is 2. The molecule has 2 heterocycles. The Morgan fingerprint density at radius 1 is 0.596 bits per heavy atom. The molecule has 2 fully saturated rings. The molecule has 3 aromatic rings. The number of hydrogen-bond donors (Lipinski definition) is 2. The third kappa shape index (κ3) is 32.0. The minimum atomic E-state index is -0.982. The first-order valence-electron chi connectivity index (χ1n) is 34.5. The van der Waals surface area contributed by atoms with Crippen LogP contribution >= 0.6 is 54.5 Å². The van der Waals surface area contributed by atoms with E-state index in [2.05, 4.69) is 20.4 Å². The van der Waals surface area contributed by atoms with Gasteiger partial charge in [-0.15, -0.1) is 0 Å². The molecule has 9 atom stereocenters. The molecule has 1 aromatic heterocycles. The van der Waals surface area contributed by atoms with Gasteiger partial charge in [0.05, 0.1) is 11.2 Å². The summed E-state index contributed by atoms with van der Waals surface area (Å²) in [6.07, 6.45) is 27.5. The summed E-state index contributed by atoms with van der Waals surface area (Å²) in [5.41, 5.74) is 0.286. The number of esters is 4. The Kier molecular flexibility index (Phi) is 37.6. The topological polar surface area (TPSA) is 251 Å². The summed E-state index contributed by atoms with van der Waals surface area (Å²) in [7, 11) is 6.31. The molecule has 542 valence electrons. The molecular weight excluding hydrogens is 1360 g/mol. The van der Waals surface area contributed by atoms with Crippen LogP contribution in [-0.2, 0) is 57.2 Å². The van der Waals surface area contributed by atoms with E-state index >= 15 is 0 Å². The van der Waals surface area contributed by atoms with Crippen molar-refractivity contribution >= 4 is 107 Å². The van der Waals surface area contributed by atoms with Crippen LogP contribution in [0.5, 0.6) is 11.5 Å². The fourth-order valence-corrected chi connectivity index (χ4v) is 15.5. The summed E-state index contributed by atoms with van der Waals surface area (Å²) in [4.78, 5) is 102. The van der Waals surface area contributed by atoms with Gasteiger partial charge in [0.1, 0.15) is 39.1 Å². The first-order chi connectivity index (χ1) is 47.4. The summed E-state index contributed by atoms with van der Waals surface area (Å²) in [6.45, 7) is 16.7. The summed E-state index contributed by atoms with van der Waals surface area (Å²) in [5, 5.41) is 21.4. The molecule has 2 N–H and O–H groups in total. The number of unbranched alkanes of at least 4 members (excludes halogenated alkanes) is 5. The molecule has 23 heteroatoms. The number of ether oxygens (including phenoxy) is 8. The SMILES string of the molecule is C=C1C=C(c2ccc(OC(=O)OCOC(=O)CCC/C=C\C[C@H]3C(=O)C[C@@H](OC(=O)CC(C)CC)[C@@H]3/C=C/C[C@@](C)(O)CCCC)cc2)SS1.CCCCC(=O)O[C@@H]1CC(=O)[C@H](C/C=C\CCCC(=O)OCOC(=O)Oc2ccc(-c3cc(=S)ss3)cc2)[C@H]1/C=C/C[C@@](C)(O)CCCC. The number of rotatable bonds is 40. The van der Waals surface area contributed by atoms with Crippen LogP contribution in [0.15, 0.2) is 121 Å². The van der Waals surface area contributed by atoms with Crippen molar-refractivity contribution in [2.45, 2.75) is 220 Å². The predicted molar refractivity (Wildman–Crippen MR) is 393 cm³/mol. The lowest BCUT2D eigenvalue weighted by atomic mass is 9.88. The minimum Gasteiger partial charge on any atom is -0.461 e. The average Bonchev–Trinajstić information content (AvgIpc) is 1.70. The van der Waals surface area contributed by atoms with E-state index < -0.39 is 61.2 Å². The van der Waals surface area contributed by atoms with E-state index in [1.807, 2.05) is 120 Å². The molecule has 0 spiro atoms. The van der Waals surface area contributed by atoms with Crippen molar-refractivity contribution in [1.82, 2.24) is 0 Å². The smallest absolute Gasteiger partial charge is 0.461 e. The van der Waals surface area contributed by atoms with Crippen LogP contribution in [0.3, 0.4) is 0 Å². The number of hydrogen-bond acceptors (Lipinski definition) is 23. The standard InChI is InChI=1S/C39H52O9S2.C37H48O9S3/c1-6-8-21-39(5,44)22-13-15-32-31(33(40)25-34(32)48-37(42)23-27(3)7-2)14-11-9-10-12-16-36(41)45-26-46-38(43)47-30-19-17-29(18-20-30)35-24-28(4)49-50-35;1-4-6-15-34(40)46-31-23-30(38)28(29(31)14-12-22-37(3,42)21-7-5-2)13-10-8-9-11-16-33(39)43-25-44-36(41)45-27-19-17-26(18-20-27)32-24-35(47)49-48-32/h9,11,13,15,17-20,24,27,31-32,34,44H,4,6-8,10,12,14,16,21-23,25-26H2,1-3,5H3;8,10,12,14,17-20,24,28-29,31,42H,4-7,9,11,13,15-16,21-23,25H2,1-3H3/b11-9-,15-13+;10-8-,14-12+/t27?,31-,32-,34-,39+;28-,29-,31-,37+/m11/s1. The summed E-state index contributed by atoms with van der Waals surface area (Å²) < 4.78 is 42.4. The summed E-state index contributed by atoms with van der Waals surface area (Å²) >= 11 is 5.16. The van der Waals surface area contributed by atoms with Crippen molar-refractivity contribution in [1.29, 1.82) is 0 Å². The zero-order valence-electron chi connectivity index (χ0n) is 58.3. The van der Waals surface area contributed by atoms with Gasteiger partial charge in [-0.05, 0) is 150 Å². The van der Waals surface area contributed by atoms with E-state index in [0.717, 1.165) is 74.6 Å². The molecule has 0 bridgehead atoms. The van der Waals surface area contributed by atoms with Gasteiger partial charge in [-0.1, -0.05) is 195 Å². The highest BCUT2D eigenvalue weighted by Crippen LogP contribution is 2.49. The normalized spacial score (nSPS) is 19.9. The summed E-state index contributed by atoms with van der Waals surface area (Å²) in [5.74, 6) is -1.90. The Morgan fingerprint density at radius 2 is 1.06 bits per heavy atom. The van der Waals surface area contributed by atoms with E-state index in [0.29, 0.717) is 88.5 Å². The zero-order valence-corrected chi connectivity index (χ0v) is 62.4. The highest BCUT2D eigenvalue weighted by molar-refractivity contribution is 8.82. The van der Waals surface area contributed by atoms with Crippen molar-refractivity contribution in [2.75, 3.05) is 13.6 Å². The second kappa shape index (κ2) is 44.7. The van der Waals surface area contributed by atoms with E-state index in [-0.39, 0.29) is 78.8 Å². The fourth-order valence-electron chi connectivity index (χ4n) is 11.0. The minimum absolute atomic E-state index is 0.0501. The van der Waals surface area contributed by atoms with Gasteiger partial charge >= 0.3 is 36.2 Å². The van der Waals surface area contributed by atoms with Crippen LogP contribution in [0, 0.1) is 33.4 Å². The van der Waals surface area contributed by atoms with Crippen molar-refractivity contribution in [3.05, 3.63) is 130 Å². The first-order valence-corrected chi connectivity index (χ1v) is 39.2. The Labute approximate surface area is 604 Å². The molecule has 0 saturated heterocycles. The average molecular weight is 1460 g/mol. The molecule has 18 nitrogen and oxygen atoms in total. The highest BCUT2D eigenvalue weighted by atomic mass is 33.1. The Balaban J connectivity index is 0.000000357. The third-order valence-corrected chi connectivity index (χ3v) is 22.3. The van der Waals surface area contributed by atoms with Gasteiger partial charge in [-0.2, -0.15) is 0 Å².